The van der Waals surface area contributed by atoms with Crippen molar-refractivity contribution in [1.82, 2.24) is 0 Å². The molecule has 0 saturated carbocycles. The third-order valence-electron chi connectivity index (χ3n) is 2.22. The fraction of sp³-hybridized carbons (Fsp3) is 0.286. The highest BCUT2D eigenvalue weighted by Crippen LogP contribution is 2.20. The Morgan fingerprint density at radius 1 is 1.40 bits per heavy atom. The highest BCUT2D eigenvalue weighted by molar-refractivity contribution is 8.03. The first kappa shape index (κ1) is 12.1. The fourth-order valence-electron chi connectivity index (χ4n) is 1.38. The molecule has 0 amide bonds. The summed E-state index contributed by atoms with van der Waals surface area (Å²) < 4.78 is 0. The predicted octanol–water partition coefficient (Wildman–Crippen LogP) is 4.30. The molecule has 0 bridgehead atoms. The second-order valence-electron chi connectivity index (χ2n) is 3.70. The molecule has 0 fully saturated rings. The summed E-state index contributed by atoms with van der Waals surface area (Å²) >= 11 is 1.82. The number of allylic oxidation sites excluding steroid dienone is 2. The van der Waals surface area contributed by atoms with Crippen molar-refractivity contribution in [3.05, 3.63) is 60.0 Å². The first-order valence-electron chi connectivity index (χ1n) is 5.17. The van der Waals surface area contributed by atoms with Gasteiger partial charge in [-0.25, -0.2) is 0 Å². The van der Waals surface area contributed by atoms with Crippen molar-refractivity contribution in [2.75, 3.05) is 5.75 Å². The van der Waals surface area contributed by atoms with E-state index in [2.05, 4.69) is 43.5 Å². The quantitative estimate of drug-likeness (QED) is 0.642. The third kappa shape index (κ3) is 4.89. The minimum atomic E-state index is 0.536. The molecule has 1 heteroatoms. The molecule has 1 unspecified atom stereocenters. The van der Waals surface area contributed by atoms with Crippen LogP contribution in [0.5, 0.6) is 0 Å². The molecule has 0 heterocycles. The maximum Gasteiger partial charge on any atom is 0.00426 e. The largest absolute Gasteiger partial charge is 0.131 e. The highest BCUT2D eigenvalue weighted by atomic mass is 32.2. The van der Waals surface area contributed by atoms with E-state index in [4.69, 9.17) is 0 Å². The molecule has 0 aliphatic carbocycles. The second kappa shape index (κ2) is 6.52. The van der Waals surface area contributed by atoms with Crippen molar-refractivity contribution in [1.29, 1.82) is 0 Å². The van der Waals surface area contributed by atoms with E-state index in [1.807, 2.05) is 24.8 Å². The number of benzene rings is 1. The highest BCUT2D eigenvalue weighted by Gasteiger charge is 2.05. The molecule has 80 valence electrons. The Bertz CT molecular complexity index is 313. The Morgan fingerprint density at radius 2 is 2.07 bits per heavy atom. The second-order valence-corrected chi connectivity index (χ2v) is 5.02. The van der Waals surface area contributed by atoms with E-state index in [1.165, 1.54) is 10.5 Å². The number of rotatable bonds is 6. The van der Waals surface area contributed by atoms with Gasteiger partial charge in [0.1, 0.15) is 0 Å². The Labute approximate surface area is 97.1 Å². The van der Waals surface area contributed by atoms with E-state index in [0.29, 0.717) is 5.92 Å². The Hall–Kier alpha value is -0.950. The van der Waals surface area contributed by atoms with Crippen molar-refractivity contribution >= 4 is 11.8 Å². The summed E-state index contributed by atoms with van der Waals surface area (Å²) in [6.45, 7) is 9.84. The zero-order valence-corrected chi connectivity index (χ0v) is 10.1. The van der Waals surface area contributed by atoms with Crippen molar-refractivity contribution in [2.24, 2.45) is 5.92 Å². The fourth-order valence-corrected chi connectivity index (χ4v) is 2.13. The molecule has 0 N–H and O–H groups in total. The van der Waals surface area contributed by atoms with E-state index >= 15 is 0 Å². The van der Waals surface area contributed by atoms with Crippen molar-refractivity contribution in [3.8, 4) is 0 Å². The average Bonchev–Trinajstić information content (AvgIpc) is 2.25. The topological polar surface area (TPSA) is 0 Å². The molecule has 15 heavy (non-hydrogen) atoms. The Morgan fingerprint density at radius 3 is 2.60 bits per heavy atom. The summed E-state index contributed by atoms with van der Waals surface area (Å²) in [6.07, 6.45) is 3.12. The van der Waals surface area contributed by atoms with Gasteiger partial charge in [-0.2, -0.15) is 0 Å². The lowest BCUT2D eigenvalue weighted by molar-refractivity contribution is 0.738. The lowest BCUT2D eigenvalue weighted by Crippen LogP contribution is -2.04. The van der Waals surface area contributed by atoms with Crippen molar-refractivity contribution < 1.29 is 0 Å². The third-order valence-corrected chi connectivity index (χ3v) is 3.31. The molecule has 0 aliphatic heterocycles. The van der Waals surface area contributed by atoms with Crippen LogP contribution in [0.15, 0.2) is 54.5 Å². The average molecular weight is 218 g/mol. The maximum atomic E-state index is 3.90. The van der Waals surface area contributed by atoms with E-state index < -0.39 is 0 Å². The summed E-state index contributed by atoms with van der Waals surface area (Å²) in [5, 5.41) is 0. The first-order chi connectivity index (χ1) is 7.22. The van der Waals surface area contributed by atoms with Crippen molar-refractivity contribution in [3.63, 3.8) is 0 Å². The Balaban J connectivity index is 2.47. The van der Waals surface area contributed by atoms with E-state index in [1.54, 1.807) is 0 Å². The van der Waals surface area contributed by atoms with Gasteiger partial charge in [0.25, 0.3) is 0 Å². The smallest absolute Gasteiger partial charge is 0.00426 e. The summed E-state index contributed by atoms with van der Waals surface area (Å²) in [6, 6.07) is 10.6. The van der Waals surface area contributed by atoms with Gasteiger partial charge < -0.3 is 0 Å². The molecule has 0 aromatic heterocycles. The minimum Gasteiger partial charge on any atom is -0.131 e. The summed E-state index contributed by atoms with van der Waals surface area (Å²) in [7, 11) is 0. The van der Waals surface area contributed by atoms with Gasteiger partial charge in [-0.3, -0.25) is 0 Å². The minimum absolute atomic E-state index is 0.536. The predicted molar refractivity (Wildman–Crippen MR) is 71.1 cm³/mol. The number of thioether (sulfide) groups is 1. The van der Waals surface area contributed by atoms with Gasteiger partial charge in [0.15, 0.2) is 0 Å². The monoisotopic (exact) mass is 218 g/mol. The van der Waals surface area contributed by atoms with Crippen LogP contribution >= 0.6 is 11.8 Å². The normalized spacial score (nSPS) is 12.1. The number of hydrogen-bond acceptors (Lipinski definition) is 1. The van der Waals surface area contributed by atoms with Crippen LogP contribution in [-0.4, -0.2) is 5.75 Å². The molecule has 1 aromatic rings. The van der Waals surface area contributed by atoms with Crippen LogP contribution in [-0.2, 0) is 6.42 Å². The molecular formula is C14H18S. The zero-order chi connectivity index (χ0) is 11.1. The van der Waals surface area contributed by atoms with Gasteiger partial charge in [-0.05, 0) is 29.7 Å². The molecule has 0 nitrogen and oxygen atoms in total. The molecule has 0 radical (unpaired) electrons. The van der Waals surface area contributed by atoms with E-state index in [-0.39, 0.29) is 0 Å². The first-order valence-corrected chi connectivity index (χ1v) is 6.15. The molecule has 0 aliphatic rings. The van der Waals surface area contributed by atoms with Crippen LogP contribution in [0.1, 0.15) is 12.5 Å². The molecule has 1 aromatic carbocycles. The van der Waals surface area contributed by atoms with Gasteiger partial charge >= 0.3 is 0 Å². The molecule has 0 saturated heterocycles. The molecular weight excluding hydrogens is 200 g/mol. The standard InChI is InChI=1S/C14H18S/c1-4-13(11-15-12(2)3)10-14-8-6-5-7-9-14/h4-9,13H,1-2,10-11H2,3H3. The molecule has 1 rings (SSSR count). The van der Waals surface area contributed by atoms with Gasteiger partial charge in [0.2, 0.25) is 0 Å². The summed E-state index contributed by atoms with van der Waals surface area (Å²) in [4.78, 5) is 1.18. The maximum absolute atomic E-state index is 3.90. The van der Waals surface area contributed by atoms with Crippen LogP contribution in [0, 0.1) is 5.92 Å². The van der Waals surface area contributed by atoms with Gasteiger partial charge in [0, 0.05) is 5.75 Å². The van der Waals surface area contributed by atoms with Crippen LogP contribution in [0.2, 0.25) is 0 Å². The lowest BCUT2D eigenvalue weighted by Gasteiger charge is -2.11. The van der Waals surface area contributed by atoms with Crippen LogP contribution in [0.25, 0.3) is 0 Å². The number of hydrogen-bond donors (Lipinski definition) is 0. The lowest BCUT2D eigenvalue weighted by atomic mass is 10.0. The van der Waals surface area contributed by atoms with E-state index in [0.717, 1.165) is 12.2 Å². The summed E-state index contributed by atoms with van der Waals surface area (Å²) in [5.74, 6) is 1.61. The Kier molecular flexibility index (Phi) is 5.27. The van der Waals surface area contributed by atoms with E-state index in [9.17, 15) is 0 Å². The van der Waals surface area contributed by atoms with Gasteiger partial charge in [0.05, 0.1) is 0 Å². The SMILES string of the molecule is C=CC(CSC(=C)C)Cc1ccccc1. The van der Waals surface area contributed by atoms with Gasteiger partial charge in [-0.15, -0.1) is 18.3 Å². The van der Waals surface area contributed by atoms with Crippen LogP contribution in [0.3, 0.4) is 0 Å². The zero-order valence-electron chi connectivity index (χ0n) is 9.28. The molecule has 0 spiro atoms. The summed E-state index contributed by atoms with van der Waals surface area (Å²) in [5.41, 5.74) is 1.38. The molecule has 1 atom stereocenters. The van der Waals surface area contributed by atoms with Crippen LogP contribution in [0.4, 0.5) is 0 Å². The van der Waals surface area contributed by atoms with Crippen LogP contribution < -0.4 is 0 Å². The van der Waals surface area contributed by atoms with Gasteiger partial charge in [-0.1, -0.05) is 43.0 Å². The van der Waals surface area contributed by atoms with Crippen molar-refractivity contribution in [2.45, 2.75) is 13.3 Å².